The Morgan fingerprint density at radius 2 is 1.69 bits per heavy atom. The van der Waals surface area contributed by atoms with Gasteiger partial charge in [-0.25, -0.2) is 4.79 Å². The monoisotopic (exact) mass is 463 g/mol. The van der Waals surface area contributed by atoms with Crippen LogP contribution in [0.4, 0.5) is 4.79 Å². The Morgan fingerprint density at radius 3 is 2.12 bits per heavy atom. The molecule has 0 heterocycles. The number of hydrogen-bond donors (Lipinski definition) is 3. The van der Waals surface area contributed by atoms with E-state index in [9.17, 15) is 14.4 Å². The number of benzene rings is 1. The normalized spacial score (nSPS) is 15.7. The number of nitrogens with zero attached hydrogens (tertiary/aromatic N) is 1. The summed E-state index contributed by atoms with van der Waals surface area (Å²) in [5.74, 6) is -0.472. The zero-order chi connectivity index (χ0) is 24.2. The SMILES string of the molecule is Cc1cccc(C)c1C(C(=O)NC(C)C)N(C(=O)C(CS)NC(=O)OC(C)(C)C)C1CC1. The number of alkyl carbamates (subject to hydrolysis) is 1. The van der Waals surface area contributed by atoms with Gasteiger partial charge in [0.1, 0.15) is 17.7 Å². The van der Waals surface area contributed by atoms with Crippen molar-refractivity contribution in [3.63, 3.8) is 0 Å². The quantitative estimate of drug-likeness (QED) is 0.513. The second-order valence-corrected chi connectivity index (χ2v) is 10.1. The number of carbonyl (C=O) groups is 3. The molecule has 178 valence electrons. The van der Waals surface area contributed by atoms with Gasteiger partial charge in [0.25, 0.3) is 0 Å². The van der Waals surface area contributed by atoms with E-state index < -0.39 is 23.8 Å². The van der Waals surface area contributed by atoms with Crippen LogP contribution >= 0.6 is 12.6 Å². The van der Waals surface area contributed by atoms with Crippen LogP contribution in [0, 0.1) is 13.8 Å². The van der Waals surface area contributed by atoms with Gasteiger partial charge in [0.05, 0.1) is 0 Å². The third-order valence-electron chi connectivity index (χ3n) is 5.14. The average Bonchev–Trinajstić information content (AvgIpc) is 3.47. The number of amides is 3. The van der Waals surface area contributed by atoms with Gasteiger partial charge in [-0.3, -0.25) is 9.59 Å². The minimum atomic E-state index is -0.910. The van der Waals surface area contributed by atoms with Crippen molar-refractivity contribution < 1.29 is 19.1 Å². The van der Waals surface area contributed by atoms with Crippen molar-refractivity contribution in [3.8, 4) is 0 Å². The highest BCUT2D eigenvalue weighted by Crippen LogP contribution is 2.37. The molecule has 0 spiro atoms. The average molecular weight is 464 g/mol. The summed E-state index contributed by atoms with van der Waals surface area (Å²) >= 11 is 4.31. The lowest BCUT2D eigenvalue weighted by molar-refractivity contribution is -0.143. The number of rotatable bonds is 8. The van der Waals surface area contributed by atoms with Crippen LogP contribution < -0.4 is 10.6 Å². The van der Waals surface area contributed by atoms with Crippen LogP contribution in [0.3, 0.4) is 0 Å². The zero-order valence-corrected chi connectivity index (χ0v) is 21.1. The van der Waals surface area contributed by atoms with Crippen LogP contribution in [-0.4, -0.2) is 52.3 Å². The summed E-state index contributed by atoms with van der Waals surface area (Å²) < 4.78 is 5.33. The minimum absolute atomic E-state index is 0.0627. The van der Waals surface area contributed by atoms with E-state index in [2.05, 4.69) is 23.3 Å². The van der Waals surface area contributed by atoms with Gasteiger partial charge in [-0.2, -0.15) is 12.6 Å². The number of hydrogen-bond acceptors (Lipinski definition) is 5. The molecule has 1 aromatic rings. The molecule has 2 unspecified atom stereocenters. The van der Waals surface area contributed by atoms with Crippen LogP contribution in [0.5, 0.6) is 0 Å². The molecule has 2 atom stereocenters. The fourth-order valence-corrected chi connectivity index (χ4v) is 3.95. The van der Waals surface area contributed by atoms with Crippen molar-refractivity contribution in [2.45, 2.75) is 91.1 Å². The largest absolute Gasteiger partial charge is 0.444 e. The molecule has 0 bridgehead atoms. The zero-order valence-electron chi connectivity index (χ0n) is 20.2. The molecule has 2 N–H and O–H groups in total. The molecule has 8 heteroatoms. The number of aryl methyl sites for hydroxylation is 2. The van der Waals surface area contributed by atoms with Gasteiger partial charge in [0.2, 0.25) is 11.8 Å². The van der Waals surface area contributed by atoms with E-state index in [1.807, 2.05) is 45.9 Å². The van der Waals surface area contributed by atoms with Gasteiger partial charge in [-0.15, -0.1) is 0 Å². The summed E-state index contributed by atoms with van der Waals surface area (Å²) in [4.78, 5) is 41.1. The highest BCUT2D eigenvalue weighted by molar-refractivity contribution is 7.80. The first-order valence-electron chi connectivity index (χ1n) is 11.1. The van der Waals surface area contributed by atoms with Gasteiger partial charge in [-0.1, -0.05) is 18.2 Å². The predicted molar refractivity (Wildman–Crippen MR) is 129 cm³/mol. The molecule has 1 aromatic carbocycles. The Kier molecular flexibility index (Phi) is 8.62. The van der Waals surface area contributed by atoms with Crippen LogP contribution in [0.25, 0.3) is 0 Å². The minimum Gasteiger partial charge on any atom is -0.444 e. The predicted octanol–water partition coefficient (Wildman–Crippen LogP) is 3.68. The fraction of sp³-hybridized carbons (Fsp3) is 0.625. The molecule has 0 aliphatic heterocycles. The molecular formula is C24H37N3O4S. The highest BCUT2D eigenvalue weighted by Gasteiger charge is 2.44. The van der Waals surface area contributed by atoms with E-state index in [0.717, 1.165) is 29.5 Å². The smallest absolute Gasteiger partial charge is 0.408 e. The maximum atomic E-state index is 13.7. The second kappa shape index (κ2) is 10.6. The van der Waals surface area contributed by atoms with Crippen molar-refractivity contribution >= 4 is 30.5 Å². The Balaban J connectivity index is 2.44. The lowest BCUT2D eigenvalue weighted by Crippen LogP contribution is -2.55. The van der Waals surface area contributed by atoms with E-state index in [-0.39, 0.29) is 29.7 Å². The molecule has 1 aliphatic rings. The fourth-order valence-electron chi connectivity index (χ4n) is 3.70. The Hall–Kier alpha value is -2.22. The standard InChI is InChI=1S/C24H37N3O4S/c1-14(2)25-21(28)20(19-15(3)9-8-10-16(19)4)27(17-11-12-17)22(29)18(13-32)26-23(30)31-24(5,6)7/h8-10,14,17-18,20,32H,11-13H2,1-7H3,(H,25,28)(H,26,30). The van der Waals surface area contributed by atoms with Crippen molar-refractivity contribution in [2.75, 3.05) is 5.75 Å². The van der Waals surface area contributed by atoms with Gasteiger partial charge >= 0.3 is 6.09 Å². The number of nitrogens with one attached hydrogen (secondary N) is 2. The Morgan fingerprint density at radius 1 is 1.12 bits per heavy atom. The van der Waals surface area contributed by atoms with E-state index >= 15 is 0 Å². The molecule has 3 amide bonds. The number of thiol groups is 1. The Bertz CT molecular complexity index is 826. The molecule has 1 fully saturated rings. The second-order valence-electron chi connectivity index (χ2n) is 9.73. The summed E-state index contributed by atoms with van der Waals surface area (Å²) in [6, 6.07) is 3.99. The maximum absolute atomic E-state index is 13.7. The van der Waals surface area contributed by atoms with Crippen LogP contribution in [0.2, 0.25) is 0 Å². The first kappa shape index (κ1) is 26.0. The first-order chi connectivity index (χ1) is 14.9. The van der Waals surface area contributed by atoms with Crippen molar-refractivity contribution in [2.24, 2.45) is 0 Å². The molecule has 0 saturated heterocycles. The van der Waals surface area contributed by atoms with E-state index in [0.29, 0.717) is 0 Å². The summed E-state index contributed by atoms with van der Waals surface area (Å²) in [7, 11) is 0. The molecule has 1 aliphatic carbocycles. The molecule has 0 aromatic heterocycles. The molecule has 32 heavy (non-hydrogen) atoms. The number of carbonyl (C=O) groups excluding carboxylic acids is 3. The summed E-state index contributed by atoms with van der Waals surface area (Å²) in [6.45, 7) is 13.0. The van der Waals surface area contributed by atoms with Crippen LogP contribution in [0.1, 0.15) is 70.2 Å². The maximum Gasteiger partial charge on any atom is 0.408 e. The van der Waals surface area contributed by atoms with Crippen LogP contribution in [-0.2, 0) is 14.3 Å². The van der Waals surface area contributed by atoms with Gasteiger partial charge in [0, 0.05) is 17.8 Å². The van der Waals surface area contributed by atoms with Crippen molar-refractivity contribution in [1.29, 1.82) is 0 Å². The van der Waals surface area contributed by atoms with Crippen LogP contribution in [0.15, 0.2) is 18.2 Å². The highest BCUT2D eigenvalue weighted by atomic mass is 32.1. The summed E-state index contributed by atoms with van der Waals surface area (Å²) in [5, 5.41) is 5.62. The topological polar surface area (TPSA) is 87.7 Å². The van der Waals surface area contributed by atoms with Gasteiger partial charge in [0.15, 0.2) is 0 Å². The van der Waals surface area contributed by atoms with Gasteiger partial charge < -0.3 is 20.3 Å². The molecule has 2 rings (SSSR count). The van der Waals surface area contributed by atoms with Gasteiger partial charge in [-0.05, 0) is 78.0 Å². The molecule has 1 saturated carbocycles. The summed E-state index contributed by atoms with van der Waals surface area (Å²) in [6.07, 6.45) is 0.942. The van der Waals surface area contributed by atoms with E-state index in [1.165, 1.54) is 0 Å². The third-order valence-corrected chi connectivity index (χ3v) is 5.50. The number of ether oxygens (including phenoxy) is 1. The van der Waals surface area contributed by atoms with Crippen molar-refractivity contribution in [1.82, 2.24) is 15.5 Å². The van der Waals surface area contributed by atoms with E-state index in [1.54, 1.807) is 25.7 Å². The van der Waals surface area contributed by atoms with E-state index in [4.69, 9.17) is 4.74 Å². The lowest BCUT2D eigenvalue weighted by atomic mass is 9.93. The first-order valence-corrected chi connectivity index (χ1v) is 11.8. The lowest BCUT2D eigenvalue weighted by Gasteiger charge is -2.36. The Labute approximate surface area is 197 Å². The summed E-state index contributed by atoms with van der Waals surface area (Å²) in [5.41, 5.74) is 2.01. The molecule has 7 nitrogen and oxygen atoms in total. The van der Waals surface area contributed by atoms with Crippen molar-refractivity contribution in [3.05, 3.63) is 34.9 Å². The molecular weight excluding hydrogens is 426 g/mol. The molecule has 0 radical (unpaired) electrons. The third kappa shape index (κ3) is 6.89.